The number of likely N-dealkylation sites (tertiary alicyclic amines) is 1. The first-order valence-electron chi connectivity index (χ1n) is 6.17. The van der Waals surface area contributed by atoms with E-state index in [2.05, 4.69) is 19.1 Å². The first kappa shape index (κ1) is 12.1. The molecular weight excluding hydrogens is 214 g/mol. The maximum Gasteiger partial charge on any atom is 0.223 e. The van der Waals surface area contributed by atoms with E-state index in [0.29, 0.717) is 25.9 Å². The summed E-state index contributed by atoms with van der Waals surface area (Å²) in [6.45, 7) is 3.27. The summed E-state index contributed by atoms with van der Waals surface area (Å²) in [4.78, 5) is 13.8. The van der Waals surface area contributed by atoms with Crippen molar-refractivity contribution >= 4 is 5.91 Å². The van der Waals surface area contributed by atoms with Crippen LogP contribution >= 0.6 is 0 Å². The van der Waals surface area contributed by atoms with E-state index in [0.717, 1.165) is 0 Å². The third-order valence-electron chi connectivity index (χ3n) is 3.37. The number of aliphatic hydroxyl groups excluding tert-OH is 1. The highest BCUT2D eigenvalue weighted by molar-refractivity contribution is 5.77. The van der Waals surface area contributed by atoms with Crippen molar-refractivity contribution in [3.63, 3.8) is 0 Å². The van der Waals surface area contributed by atoms with Gasteiger partial charge in [-0.3, -0.25) is 4.79 Å². The second-order valence-corrected chi connectivity index (χ2v) is 4.80. The highest BCUT2D eigenvalue weighted by Crippen LogP contribution is 2.21. The molecule has 2 atom stereocenters. The lowest BCUT2D eigenvalue weighted by atomic mass is 9.97. The molecule has 92 valence electrons. The highest BCUT2D eigenvalue weighted by Gasteiger charge is 2.25. The summed E-state index contributed by atoms with van der Waals surface area (Å²) in [6, 6.07) is 10.1. The second-order valence-electron chi connectivity index (χ2n) is 4.80. The Labute approximate surface area is 102 Å². The fourth-order valence-corrected chi connectivity index (χ4v) is 2.26. The van der Waals surface area contributed by atoms with Crippen LogP contribution in [0, 0.1) is 0 Å². The number of carbonyl (C=O) groups excluding carboxylic acids is 1. The molecule has 0 bridgehead atoms. The number of amides is 1. The minimum Gasteiger partial charge on any atom is -0.391 e. The third kappa shape index (κ3) is 3.07. The van der Waals surface area contributed by atoms with Crippen LogP contribution in [0.3, 0.4) is 0 Å². The van der Waals surface area contributed by atoms with Crippen molar-refractivity contribution in [1.29, 1.82) is 0 Å². The van der Waals surface area contributed by atoms with Gasteiger partial charge in [-0.1, -0.05) is 37.3 Å². The average molecular weight is 233 g/mol. The van der Waals surface area contributed by atoms with Crippen LogP contribution in [0.15, 0.2) is 30.3 Å². The van der Waals surface area contributed by atoms with Crippen molar-refractivity contribution in [3.05, 3.63) is 35.9 Å². The molecule has 0 aromatic heterocycles. The summed E-state index contributed by atoms with van der Waals surface area (Å²) in [5.74, 6) is 0.388. The summed E-state index contributed by atoms with van der Waals surface area (Å²) >= 11 is 0. The van der Waals surface area contributed by atoms with Gasteiger partial charge in [0.05, 0.1) is 6.10 Å². The first-order chi connectivity index (χ1) is 8.16. The number of nitrogens with zero attached hydrogens (tertiary/aromatic N) is 1. The number of hydrogen-bond acceptors (Lipinski definition) is 2. The smallest absolute Gasteiger partial charge is 0.223 e. The normalized spacial score (nSPS) is 21.5. The fourth-order valence-electron chi connectivity index (χ4n) is 2.26. The highest BCUT2D eigenvalue weighted by atomic mass is 16.3. The zero-order valence-electron chi connectivity index (χ0n) is 10.2. The minimum absolute atomic E-state index is 0.151. The summed E-state index contributed by atoms with van der Waals surface area (Å²) in [5.41, 5.74) is 1.19. The largest absolute Gasteiger partial charge is 0.391 e. The molecule has 1 saturated heterocycles. The van der Waals surface area contributed by atoms with Crippen LogP contribution in [0.4, 0.5) is 0 Å². The number of hydrogen-bond donors (Lipinski definition) is 1. The van der Waals surface area contributed by atoms with E-state index in [9.17, 15) is 9.90 Å². The SMILES string of the molecule is C[C@H](CC(=O)N1CC[C@@H](O)C1)c1ccccc1. The molecule has 0 radical (unpaired) electrons. The molecule has 1 aromatic carbocycles. The van der Waals surface area contributed by atoms with E-state index >= 15 is 0 Å². The van der Waals surface area contributed by atoms with Crippen LogP contribution in [-0.2, 0) is 4.79 Å². The average Bonchev–Trinajstić information content (AvgIpc) is 2.77. The van der Waals surface area contributed by atoms with Crippen LogP contribution in [0.5, 0.6) is 0 Å². The van der Waals surface area contributed by atoms with Crippen LogP contribution < -0.4 is 0 Å². The Morgan fingerprint density at radius 3 is 2.76 bits per heavy atom. The number of aliphatic hydroxyl groups is 1. The van der Waals surface area contributed by atoms with E-state index in [1.807, 2.05) is 18.2 Å². The lowest BCUT2D eigenvalue weighted by Crippen LogP contribution is -2.30. The Kier molecular flexibility index (Phi) is 3.79. The molecule has 0 unspecified atom stereocenters. The lowest BCUT2D eigenvalue weighted by molar-refractivity contribution is -0.130. The predicted octanol–water partition coefficient (Wildman–Crippen LogP) is 1.77. The number of β-amino-alcohol motifs (C(OH)–C–C–N with tert-alkyl or cyclic N) is 1. The molecule has 3 nitrogen and oxygen atoms in total. The molecule has 2 rings (SSSR count). The Morgan fingerprint density at radius 1 is 1.47 bits per heavy atom. The van der Waals surface area contributed by atoms with Crippen molar-refractivity contribution in [2.24, 2.45) is 0 Å². The van der Waals surface area contributed by atoms with E-state index in [1.165, 1.54) is 5.56 Å². The third-order valence-corrected chi connectivity index (χ3v) is 3.37. The molecule has 1 aliphatic rings. The summed E-state index contributed by atoms with van der Waals surface area (Å²) < 4.78 is 0. The quantitative estimate of drug-likeness (QED) is 0.864. The first-order valence-corrected chi connectivity index (χ1v) is 6.17. The topological polar surface area (TPSA) is 40.5 Å². The zero-order valence-corrected chi connectivity index (χ0v) is 10.2. The minimum atomic E-state index is -0.328. The van der Waals surface area contributed by atoms with Gasteiger partial charge >= 0.3 is 0 Å². The van der Waals surface area contributed by atoms with Crippen molar-refractivity contribution in [1.82, 2.24) is 4.90 Å². The van der Waals surface area contributed by atoms with Crippen LogP contribution in [-0.4, -0.2) is 35.1 Å². The molecule has 1 aromatic rings. The number of rotatable bonds is 3. The summed E-state index contributed by atoms with van der Waals surface area (Å²) in [5, 5.41) is 9.41. The van der Waals surface area contributed by atoms with Gasteiger partial charge in [0.1, 0.15) is 0 Å². The van der Waals surface area contributed by atoms with Crippen molar-refractivity contribution in [3.8, 4) is 0 Å². The van der Waals surface area contributed by atoms with Gasteiger partial charge in [0.15, 0.2) is 0 Å². The van der Waals surface area contributed by atoms with Gasteiger partial charge in [-0.05, 0) is 17.9 Å². The van der Waals surface area contributed by atoms with Gasteiger partial charge < -0.3 is 10.0 Å². The van der Waals surface area contributed by atoms with Crippen LogP contribution in [0.25, 0.3) is 0 Å². The maximum atomic E-state index is 12.0. The van der Waals surface area contributed by atoms with Crippen LogP contribution in [0.2, 0.25) is 0 Å². The van der Waals surface area contributed by atoms with Gasteiger partial charge in [0.2, 0.25) is 5.91 Å². The molecule has 1 amide bonds. The van der Waals surface area contributed by atoms with Crippen molar-refractivity contribution in [2.45, 2.75) is 31.8 Å². The molecule has 0 aliphatic carbocycles. The molecule has 1 N–H and O–H groups in total. The summed E-state index contributed by atoms with van der Waals surface area (Å²) in [6.07, 6.45) is 0.910. The fraction of sp³-hybridized carbons (Fsp3) is 0.500. The van der Waals surface area contributed by atoms with Crippen LogP contribution in [0.1, 0.15) is 31.2 Å². The molecule has 1 aliphatic heterocycles. The van der Waals surface area contributed by atoms with E-state index in [1.54, 1.807) is 4.90 Å². The molecule has 1 fully saturated rings. The molecule has 17 heavy (non-hydrogen) atoms. The Morgan fingerprint density at radius 2 is 2.18 bits per heavy atom. The van der Waals surface area contributed by atoms with E-state index < -0.39 is 0 Å². The summed E-state index contributed by atoms with van der Waals surface area (Å²) in [7, 11) is 0. The molecular formula is C14H19NO2. The molecule has 1 heterocycles. The van der Waals surface area contributed by atoms with Gasteiger partial charge in [-0.25, -0.2) is 0 Å². The maximum absolute atomic E-state index is 12.0. The Hall–Kier alpha value is -1.35. The lowest BCUT2D eigenvalue weighted by Gasteiger charge is -2.18. The van der Waals surface area contributed by atoms with Gasteiger partial charge in [-0.15, -0.1) is 0 Å². The molecule has 0 spiro atoms. The second kappa shape index (κ2) is 5.32. The van der Waals surface area contributed by atoms with Crippen molar-refractivity contribution in [2.75, 3.05) is 13.1 Å². The van der Waals surface area contributed by atoms with E-state index in [-0.39, 0.29) is 17.9 Å². The van der Waals surface area contributed by atoms with Gasteiger partial charge in [0.25, 0.3) is 0 Å². The number of carbonyl (C=O) groups is 1. The van der Waals surface area contributed by atoms with Gasteiger partial charge in [-0.2, -0.15) is 0 Å². The monoisotopic (exact) mass is 233 g/mol. The Balaban J connectivity index is 1.91. The number of benzene rings is 1. The van der Waals surface area contributed by atoms with Gasteiger partial charge in [0, 0.05) is 19.5 Å². The Bertz CT molecular complexity index is 377. The standard InChI is InChI=1S/C14H19NO2/c1-11(12-5-3-2-4-6-12)9-14(17)15-8-7-13(16)10-15/h2-6,11,13,16H,7-10H2,1H3/t11-,13-/m1/s1. The zero-order chi connectivity index (χ0) is 12.3. The molecule has 3 heteroatoms. The predicted molar refractivity (Wildman–Crippen MR) is 66.7 cm³/mol. The van der Waals surface area contributed by atoms with E-state index in [4.69, 9.17) is 0 Å². The molecule has 0 saturated carbocycles. The van der Waals surface area contributed by atoms with Crippen molar-refractivity contribution < 1.29 is 9.90 Å².